The Labute approximate surface area is 101 Å². The van der Waals surface area contributed by atoms with Crippen molar-refractivity contribution in [2.24, 2.45) is 5.41 Å². The average molecular weight is 240 g/mol. The van der Waals surface area contributed by atoms with E-state index in [4.69, 9.17) is 0 Å². The van der Waals surface area contributed by atoms with Crippen LogP contribution in [0.4, 0.5) is 5.13 Å². The van der Waals surface area contributed by atoms with E-state index in [0.29, 0.717) is 0 Å². The van der Waals surface area contributed by atoms with E-state index in [1.165, 1.54) is 11.3 Å². The highest BCUT2D eigenvalue weighted by atomic mass is 32.1. The van der Waals surface area contributed by atoms with Crippen LogP contribution in [0.1, 0.15) is 44.3 Å². The highest BCUT2D eigenvalue weighted by Gasteiger charge is 2.25. The van der Waals surface area contributed by atoms with Crippen molar-refractivity contribution in [2.75, 3.05) is 18.0 Å². The van der Waals surface area contributed by atoms with Crippen molar-refractivity contribution in [3.63, 3.8) is 0 Å². The van der Waals surface area contributed by atoms with E-state index in [1.54, 1.807) is 6.20 Å². The van der Waals surface area contributed by atoms with Gasteiger partial charge in [-0.1, -0.05) is 32.1 Å². The number of nitrogens with zero attached hydrogens (tertiary/aromatic N) is 2. The quantitative estimate of drug-likeness (QED) is 0.758. The van der Waals surface area contributed by atoms with Gasteiger partial charge in [0.1, 0.15) is 0 Å². The zero-order chi connectivity index (χ0) is 12.3. The fourth-order valence-corrected chi connectivity index (χ4v) is 2.57. The zero-order valence-corrected chi connectivity index (χ0v) is 11.5. The smallest absolute Gasteiger partial charge is 0.185 e. The van der Waals surface area contributed by atoms with Gasteiger partial charge in [-0.05, 0) is 13.8 Å². The Hall–Kier alpha value is -0.900. The lowest BCUT2D eigenvalue weighted by Gasteiger charge is -2.17. The number of ketones is 1. The molecular formula is C12H20N2OS. The standard InChI is InChI=1S/C12H20N2OS/c1-6-14(7-2)11-13-8-9(16-11)10(15)12(3,4)5/h8H,6-7H2,1-5H3. The predicted molar refractivity (Wildman–Crippen MR) is 69.5 cm³/mol. The number of Topliss-reactive ketones (excluding diaryl/α,β-unsaturated/α-hetero) is 1. The number of hydrogen-bond donors (Lipinski definition) is 0. The second kappa shape index (κ2) is 4.95. The summed E-state index contributed by atoms with van der Waals surface area (Å²) in [6, 6.07) is 0. The van der Waals surface area contributed by atoms with Gasteiger partial charge in [-0.25, -0.2) is 4.98 Å². The van der Waals surface area contributed by atoms with Crippen LogP contribution in [0, 0.1) is 5.41 Å². The van der Waals surface area contributed by atoms with Crippen LogP contribution >= 0.6 is 11.3 Å². The van der Waals surface area contributed by atoms with Gasteiger partial charge >= 0.3 is 0 Å². The average Bonchev–Trinajstić information content (AvgIpc) is 2.66. The molecule has 0 fully saturated rings. The summed E-state index contributed by atoms with van der Waals surface area (Å²) in [4.78, 5) is 19.3. The minimum absolute atomic E-state index is 0.170. The molecule has 1 heterocycles. The van der Waals surface area contributed by atoms with Crippen molar-refractivity contribution >= 4 is 22.3 Å². The number of carbonyl (C=O) groups is 1. The Bertz CT molecular complexity index is 361. The van der Waals surface area contributed by atoms with Gasteiger partial charge in [-0.15, -0.1) is 0 Å². The maximum absolute atomic E-state index is 12.0. The molecular weight excluding hydrogens is 220 g/mol. The maximum atomic E-state index is 12.0. The summed E-state index contributed by atoms with van der Waals surface area (Å²) in [5.41, 5.74) is -0.326. The molecule has 0 aliphatic rings. The number of anilines is 1. The molecule has 0 radical (unpaired) electrons. The van der Waals surface area contributed by atoms with Gasteiger partial charge in [-0.3, -0.25) is 4.79 Å². The molecule has 0 unspecified atom stereocenters. The van der Waals surface area contributed by atoms with E-state index in [9.17, 15) is 4.79 Å². The third kappa shape index (κ3) is 2.82. The molecule has 1 aromatic rings. The Morgan fingerprint density at radius 2 is 1.94 bits per heavy atom. The Kier molecular flexibility index (Phi) is 4.08. The fourth-order valence-electron chi connectivity index (χ4n) is 1.38. The number of aromatic nitrogens is 1. The molecule has 0 amide bonds. The minimum atomic E-state index is -0.326. The van der Waals surface area contributed by atoms with E-state index < -0.39 is 0 Å². The van der Waals surface area contributed by atoms with Gasteiger partial charge in [0.05, 0.1) is 11.1 Å². The van der Waals surface area contributed by atoms with Crippen molar-refractivity contribution in [3.05, 3.63) is 11.1 Å². The van der Waals surface area contributed by atoms with Crippen LogP contribution in [0.15, 0.2) is 6.20 Å². The number of hydrogen-bond acceptors (Lipinski definition) is 4. The first-order valence-electron chi connectivity index (χ1n) is 5.65. The third-order valence-electron chi connectivity index (χ3n) is 2.43. The van der Waals surface area contributed by atoms with Gasteiger partial charge < -0.3 is 4.90 Å². The Morgan fingerprint density at radius 3 is 2.38 bits per heavy atom. The van der Waals surface area contributed by atoms with Crippen LogP contribution in [-0.2, 0) is 0 Å². The summed E-state index contributed by atoms with van der Waals surface area (Å²) in [6.07, 6.45) is 1.70. The zero-order valence-electron chi connectivity index (χ0n) is 10.7. The number of carbonyl (C=O) groups excluding carboxylic acids is 1. The fraction of sp³-hybridized carbons (Fsp3) is 0.667. The Morgan fingerprint density at radius 1 is 1.38 bits per heavy atom. The first-order valence-corrected chi connectivity index (χ1v) is 6.47. The molecule has 90 valence electrons. The van der Waals surface area contributed by atoms with Crippen LogP contribution in [0.25, 0.3) is 0 Å². The van der Waals surface area contributed by atoms with Crippen LogP contribution in [0.5, 0.6) is 0 Å². The summed E-state index contributed by atoms with van der Waals surface area (Å²) in [5.74, 6) is 0.170. The van der Waals surface area contributed by atoms with Crippen molar-refractivity contribution in [1.29, 1.82) is 0 Å². The van der Waals surface area contributed by atoms with Gasteiger partial charge in [0.15, 0.2) is 10.9 Å². The van der Waals surface area contributed by atoms with Crippen LogP contribution in [0.2, 0.25) is 0 Å². The van der Waals surface area contributed by atoms with Crippen molar-refractivity contribution in [1.82, 2.24) is 4.98 Å². The normalized spacial score (nSPS) is 11.6. The molecule has 0 aliphatic carbocycles. The minimum Gasteiger partial charge on any atom is -0.349 e. The summed E-state index contributed by atoms with van der Waals surface area (Å²) in [6.45, 7) is 11.8. The SMILES string of the molecule is CCN(CC)c1ncc(C(=O)C(C)(C)C)s1. The molecule has 4 heteroatoms. The molecule has 0 bridgehead atoms. The first kappa shape index (κ1) is 13.2. The van der Waals surface area contributed by atoms with E-state index in [0.717, 1.165) is 23.1 Å². The van der Waals surface area contributed by atoms with E-state index in [1.807, 2.05) is 20.8 Å². The molecule has 0 spiro atoms. The highest BCUT2D eigenvalue weighted by molar-refractivity contribution is 7.17. The molecule has 0 saturated carbocycles. The van der Waals surface area contributed by atoms with E-state index >= 15 is 0 Å². The van der Waals surface area contributed by atoms with Gasteiger partial charge in [0, 0.05) is 18.5 Å². The third-order valence-corrected chi connectivity index (χ3v) is 3.49. The van der Waals surface area contributed by atoms with Crippen LogP contribution < -0.4 is 4.90 Å². The monoisotopic (exact) mass is 240 g/mol. The molecule has 0 N–H and O–H groups in total. The highest BCUT2D eigenvalue weighted by Crippen LogP contribution is 2.28. The number of rotatable bonds is 4. The lowest BCUT2D eigenvalue weighted by atomic mass is 9.90. The second-order valence-electron chi connectivity index (χ2n) is 4.76. The molecule has 0 aliphatic heterocycles. The van der Waals surface area contributed by atoms with Gasteiger partial charge in [-0.2, -0.15) is 0 Å². The van der Waals surface area contributed by atoms with E-state index in [-0.39, 0.29) is 11.2 Å². The topological polar surface area (TPSA) is 33.2 Å². The molecule has 16 heavy (non-hydrogen) atoms. The van der Waals surface area contributed by atoms with Crippen molar-refractivity contribution in [3.8, 4) is 0 Å². The molecule has 1 rings (SSSR count). The molecule has 0 aromatic carbocycles. The van der Waals surface area contributed by atoms with Crippen LogP contribution in [0.3, 0.4) is 0 Å². The van der Waals surface area contributed by atoms with Crippen molar-refractivity contribution < 1.29 is 4.79 Å². The maximum Gasteiger partial charge on any atom is 0.185 e. The number of thiazole rings is 1. The lowest BCUT2D eigenvalue weighted by Crippen LogP contribution is -2.21. The van der Waals surface area contributed by atoms with E-state index in [2.05, 4.69) is 23.7 Å². The molecule has 1 aromatic heterocycles. The largest absolute Gasteiger partial charge is 0.349 e. The Balaban J connectivity index is 2.91. The van der Waals surface area contributed by atoms with Gasteiger partial charge in [0.2, 0.25) is 0 Å². The lowest BCUT2D eigenvalue weighted by molar-refractivity contribution is 0.0862. The summed E-state index contributed by atoms with van der Waals surface area (Å²) >= 11 is 1.49. The van der Waals surface area contributed by atoms with Crippen molar-refractivity contribution in [2.45, 2.75) is 34.6 Å². The predicted octanol–water partition coefficient (Wildman–Crippen LogP) is 3.22. The molecule has 0 saturated heterocycles. The van der Waals surface area contributed by atoms with Crippen LogP contribution in [-0.4, -0.2) is 23.9 Å². The second-order valence-corrected chi connectivity index (χ2v) is 5.77. The molecule has 3 nitrogen and oxygen atoms in total. The summed E-state index contributed by atoms with van der Waals surface area (Å²) in [5, 5.41) is 0.942. The van der Waals surface area contributed by atoms with Gasteiger partial charge in [0.25, 0.3) is 0 Å². The summed E-state index contributed by atoms with van der Waals surface area (Å²) < 4.78 is 0. The first-order chi connectivity index (χ1) is 7.40. The summed E-state index contributed by atoms with van der Waals surface area (Å²) in [7, 11) is 0. The molecule has 0 atom stereocenters.